The molecule has 0 amide bonds. The van der Waals surface area contributed by atoms with Crippen molar-refractivity contribution >= 4 is 10.0 Å². The highest BCUT2D eigenvalue weighted by Gasteiger charge is 2.41. The zero-order valence-electron chi connectivity index (χ0n) is 16.3. The first-order valence-corrected chi connectivity index (χ1v) is 10.7. The zero-order valence-corrected chi connectivity index (χ0v) is 17.1. The number of hydrogen-bond acceptors (Lipinski definition) is 4. The monoisotopic (exact) mass is 457 g/mol. The minimum atomic E-state index is -4.89. The summed E-state index contributed by atoms with van der Waals surface area (Å²) in [5, 5.41) is 18.4. The number of sulfonamides is 1. The molecular formula is C20H19F4N3O3S. The Balaban J connectivity index is 2.44. The molecule has 0 radical (unpaired) electrons. The molecular weight excluding hydrogens is 438 g/mol. The number of aromatic nitrogens is 2. The van der Waals surface area contributed by atoms with Gasteiger partial charge < -0.3 is 5.11 Å². The van der Waals surface area contributed by atoms with E-state index in [9.17, 15) is 26.0 Å². The fourth-order valence-electron chi connectivity index (χ4n) is 3.25. The third kappa shape index (κ3) is 4.63. The smallest absolute Gasteiger partial charge is 0.396 e. The van der Waals surface area contributed by atoms with Crippen molar-refractivity contribution in [3.63, 3.8) is 0 Å². The van der Waals surface area contributed by atoms with Crippen LogP contribution in [0.25, 0.3) is 22.4 Å². The number of aryl methyl sites for hydroxylation is 2. The average molecular weight is 457 g/mol. The molecule has 1 heterocycles. The van der Waals surface area contributed by atoms with Crippen LogP contribution in [-0.4, -0.2) is 29.9 Å². The molecule has 6 nitrogen and oxygen atoms in total. The Morgan fingerprint density at radius 3 is 2.42 bits per heavy atom. The second-order valence-electron chi connectivity index (χ2n) is 6.88. The highest BCUT2D eigenvalue weighted by Crippen LogP contribution is 2.44. The second kappa shape index (κ2) is 8.40. The molecule has 3 rings (SSSR count). The molecule has 0 aliphatic rings. The number of alkyl halides is 3. The lowest BCUT2D eigenvalue weighted by molar-refractivity contribution is -0.143. The third-order valence-corrected chi connectivity index (χ3v) is 5.63. The van der Waals surface area contributed by atoms with E-state index >= 15 is 0 Å². The van der Waals surface area contributed by atoms with Crippen LogP contribution < -0.4 is 5.14 Å². The van der Waals surface area contributed by atoms with E-state index in [1.165, 1.54) is 37.3 Å². The van der Waals surface area contributed by atoms with E-state index in [0.717, 1.165) is 12.1 Å². The molecule has 0 aliphatic carbocycles. The SMILES string of the molecule is Cc1ccc(-c2c(-c3ccccc3S(N)(=O)=O)nn(CCCO)c2C(F)(F)F)cc1F. The first-order valence-electron chi connectivity index (χ1n) is 9.12. The number of benzene rings is 2. The standard InChI is InChI=1S/C20H19F4N3O3S/c1-12-7-8-13(11-15(12)21)17-18(14-5-2-3-6-16(14)31(25,29)30)26-27(9-4-10-28)19(17)20(22,23)24/h2-3,5-8,11,28H,4,9-10H2,1H3,(H2,25,29,30). The van der Waals surface area contributed by atoms with Crippen LogP contribution in [0.4, 0.5) is 17.6 Å². The third-order valence-electron chi connectivity index (χ3n) is 4.66. The van der Waals surface area contributed by atoms with Crippen molar-refractivity contribution in [2.45, 2.75) is 31.0 Å². The van der Waals surface area contributed by atoms with Gasteiger partial charge in [-0.1, -0.05) is 30.3 Å². The summed E-state index contributed by atoms with van der Waals surface area (Å²) in [5.41, 5.74) is -1.99. The van der Waals surface area contributed by atoms with Gasteiger partial charge in [-0.15, -0.1) is 0 Å². The van der Waals surface area contributed by atoms with Gasteiger partial charge in [0.05, 0.1) is 4.90 Å². The number of nitrogens with zero attached hydrogens (tertiary/aromatic N) is 2. The minimum absolute atomic E-state index is 0.0251. The quantitative estimate of drug-likeness (QED) is 0.552. The Bertz CT molecular complexity index is 1220. The number of rotatable bonds is 6. The minimum Gasteiger partial charge on any atom is -0.396 e. The van der Waals surface area contributed by atoms with Crippen LogP contribution in [0.1, 0.15) is 17.7 Å². The van der Waals surface area contributed by atoms with Crippen molar-refractivity contribution in [1.82, 2.24) is 9.78 Å². The summed E-state index contributed by atoms with van der Waals surface area (Å²) in [4.78, 5) is -0.413. The molecule has 0 spiro atoms. The predicted molar refractivity (Wildman–Crippen MR) is 106 cm³/mol. The first kappa shape index (κ1) is 22.9. The van der Waals surface area contributed by atoms with Crippen molar-refractivity contribution < 1.29 is 31.1 Å². The van der Waals surface area contributed by atoms with Crippen LogP contribution >= 0.6 is 0 Å². The lowest BCUT2D eigenvalue weighted by Crippen LogP contribution is -2.16. The molecule has 0 unspecified atom stereocenters. The Morgan fingerprint density at radius 2 is 1.84 bits per heavy atom. The van der Waals surface area contributed by atoms with E-state index in [2.05, 4.69) is 5.10 Å². The van der Waals surface area contributed by atoms with Crippen molar-refractivity contribution in [3.05, 3.63) is 59.5 Å². The maximum absolute atomic E-state index is 14.2. The Kier molecular flexibility index (Phi) is 6.21. The molecule has 0 saturated carbocycles. The number of aliphatic hydroxyl groups is 1. The molecule has 0 aliphatic heterocycles. The molecule has 0 bridgehead atoms. The molecule has 166 valence electrons. The van der Waals surface area contributed by atoms with Gasteiger partial charge in [0.2, 0.25) is 10.0 Å². The molecule has 31 heavy (non-hydrogen) atoms. The van der Waals surface area contributed by atoms with Gasteiger partial charge in [0, 0.05) is 24.3 Å². The van der Waals surface area contributed by atoms with Crippen LogP contribution in [0.15, 0.2) is 47.4 Å². The fraction of sp³-hybridized carbons (Fsp3) is 0.250. The highest BCUT2D eigenvalue weighted by atomic mass is 32.2. The highest BCUT2D eigenvalue weighted by molar-refractivity contribution is 7.89. The fourth-order valence-corrected chi connectivity index (χ4v) is 3.99. The van der Waals surface area contributed by atoms with Gasteiger partial charge in [-0.25, -0.2) is 17.9 Å². The molecule has 0 fully saturated rings. The van der Waals surface area contributed by atoms with E-state index in [1.54, 1.807) is 0 Å². The molecule has 0 atom stereocenters. The number of aliphatic hydroxyl groups excluding tert-OH is 1. The van der Waals surface area contributed by atoms with Crippen LogP contribution in [0.2, 0.25) is 0 Å². The average Bonchev–Trinajstić information content (AvgIpc) is 3.07. The normalized spacial score (nSPS) is 12.4. The lowest BCUT2D eigenvalue weighted by Gasteiger charge is -2.13. The maximum Gasteiger partial charge on any atom is 0.433 e. The summed E-state index contributed by atoms with van der Waals surface area (Å²) in [6.07, 6.45) is -4.92. The van der Waals surface area contributed by atoms with Crippen molar-refractivity contribution in [2.75, 3.05) is 6.61 Å². The van der Waals surface area contributed by atoms with Crippen LogP contribution in [-0.2, 0) is 22.7 Å². The van der Waals surface area contributed by atoms with E-state index < -0.39 is 38.2 Å². The maximum atomic E-state index is 14.2. The van der Waals surface area contributed by atoms with E-state index in [0.29, 0.717) is 4.68 Å². The van der Waals surface area contributed by atoms with Gasteiger partial charge in [0.1, 0.15) is 11.5 Å². The van der Waals surface area contributed by atoms with Crippen LogP contribution in [0.3, 0.4) is 0 Å². The van der Waals surface area contributed by atoms with Gasteiger partial charge >= 0.3 is 6.18 Å². The van der Waals surface area contributed by atoms with Crippen molar-refractivity contribution in [3.8, 4) is 22.4 Å². The molecule has 2 aromatic carbocycles. The number of nitrogens with two attached hydrogens (primary N) is 1. The molecule has 3 aromatic rings. The molecule has 1 aromatic heterocycles. The number of halogens is 4. The Hall–Kier alpha value is -2.76. The first-order chi connectivity index (χ1) is 14.4. The summed E-state index contributed by atoms with van der Waals surface area (Å²) in [7, 11) is -4.30. The largest absolute Gasteiger partial charge is 0.433 e. The molecule has 0 saturated heterocycles. The lowest BCUT2D eigenvalue weighted by atomic mass is 9.97. The van der Waals surface area contributed by atoms with Gasteiger partial charge in [-0.3, -0.25) is 4.68 Å². The summed E-state index contributed by atoms with van der Waals surface area (Å²) in [5.74, 6) is -0.723. The molecule has 11 heteroatoms. The summed E-state index contributed by atoms with van der Waals surface area (Å²) in [6.45, 7) is 0.796. The summed E-state index contributed by atoms with van der Waals surface area (Å²) >= 11 is 0. The van der Waals surface area contributed by atoms with Crippen LogP contribution in [0, 0.1) is 12.7 Å². The zero-order chi connectivity index (χ0) is 23.0. The molecule has 3 N–H and O–H groups in total. The van der Waals surface area contributed by atoms with E-state index in [-0.39, 0.29) is 42.0 Å². The van der Waals surface area contributed by atoms with Gasteiger partial charge in [-0.05, 0) is 36.6 Å². The van der Waals surface area contributed by atoms with Gasteiger partial charge in [-0.2, -0.15) is 18.3 Å². The summed E-state index contributed by atoms with van der Waals surface area (Å²) < 4.78 is 81.3. The van der Waals surface area contributed by atoms with Crippen LogP contribution in [0.5, 0.6) is 0 Å². The van der Waals surface area contributed by atoms with Crippen molar-refractivity contribution in [1.29, 1.82) is 0 Å². The number of hydrogen-bond donors (Lipinski definition) is 2. The Labute approximate surface area is 176 Å². The summed E-state index contributed by atoms with van der Waals surface area (Å²) in [6, 6.07) is 8.83. The van der Waals surface area contributed by atoms with Gasteiger partial charge in [0.25, 0.3) is 0 Å². The predicted octanol–water partition coefficient (Wildman–Crippen LogP) is 3.71. The van der Waals surface area contributed by atoms with Crippen molar-refractivity contribution in [2.24, 2.45) is 5.14 Å². The number of primary sulfonamides is 1. The van der Waals surface area contributed by atoms with E-state index in [1.807, 2.05) is 0 Å². The second-order valence-corrected chi connectivity index (χ2v) is 8.41. The van der Waals surface area contributed by atoms with E-state index in [4.69, 9.17) is 10.2 Å². The topological polar surface area (TPSA) is 98.2 Å². The van der Waals surface area contributed by atoms with Gasteiger partial charge in [0.15, 0.2) is 5.69 Å². The Morgan fingerprint density at radius 1 is 1.16 bits per heavy atom.